The maximum atomic E-state index is 3.22. The first-order valence-corrected chi connectivity index (χ1v) is 4.15. The molecule has 0 fully saturated rings. The molecule has 0 aromatic heterocycles. The van der Waals surface area contributed by atoms with Crippen LogP contribution in [-0.2, 0) is 22.4 Å². The van der Waals surface area contributed by atoms with Crippen molar-refractivity contribution in [3.8, 4) is 0 Å². The van der Waals surface area contributed by atoms with Crippen molar-refractivity contribution in [3.05, 3.63) is 17.9 Å². The van der Waals surface area contributed by atoms with Crippen LogP contribution in [0.5, 0.6) is 0 Å². The summed E-state index contributed by atoms with van der Waals surface area (Å²) in [5.74, 6) is 0. The minimum Gasteiger partial charge on any atom is -0.128 e. The van der Waals surface area contributed by atoms with Gasteiger partial charge >= 0.3 is 22.4 Å². The molecule has 0 unspecified atom stereocenters. The first kappa shape index (κ1) is 14.8. The SMILES string of the molecule is CC(C)(C)C=C=CC(C)(C)C.[Ag+]. The zero-order valence-electron chi connectivity index (χ0n) is 8.96. The third-order valence-corrected chi connectivity index (χ3v) is 1.03. The predicted octanol–water partition coefficient (Wildman–Crippen LogP) is 3.79. The van der Waals surface area contributed by atoms with Gasteiger partial charge < -0.3 is 0 Å². The van der Waals surface area contributed by atoms with Crippen LogP contribution in [0, 0.1) is 10.8 Å². The number of hydrogen-bond donors (Lipinski definition) is 0. The third kappa shape index (κ3) is 12.9. The van der Waals surface area contributed by atoms with Crippen LogP contribution >= 0.6 is 0 Å². The van der Waals surface area contributed by atoms with Gasteiger partial charge in [0.15, 0.2) is 0 Å². The standard InChI is InChI=1S/C11H20.Ag/c1-10(2,3)8-7-9-11(4,5)6;/h8-9H,1-6H3;/q;+1. The maximum absolute atomic E-state index is 3.22. The van der Waals surface area contributed by atoms with Crippen LogP contribution in [0.1, 0.15) is 41.5 Å². The second-order valence-corrected chi connectivity index (χ2v) is 5.19. The summed E-state index contributed by atoms with van der Waals surface area (Å²) in [6.07, 6.45) is 4.22. The third-order valence-electron chi connectivity index (χ3n) is 1.03. The molecule has 0 saturated carbocycles. The average Bonchev–Trinajstić information content (AvgIpc) is 1.55. The summed E-state index contributed by atoms with van der Waals surface area (Å²) in [7, 11) is 0. The van der Waals surface area contributed by atoms with Crippen LogP contribution in [0.25, 0.3) is 0 Å². The first-order chi connectivity index (χ1) is 4.71. The van der Waals surface area contributed by atoms with Gasteiger partial charge in [0, 0.05) is 0 Å². The van der Waals surface area contributed by atoms with Gasteiger partial charge in [0.2, 0.25) is 0 Å². The van der Waals surface area contributed by atoms with E-state index < -0.39 is 0 Å². The second-order valence-electron chi connectivity index (χ2n) is 5.19. The second kappa shape index (κ2) is 5.09. The molecule has 0 heterocycles. The molecule has 0 saturated heterocycles. The Kier molecular flexibility index (Phi) is 6.26. The Morgan fingerprint density at radius 1 is 0.750 bits per heavy atom. The molecule has 0 amide bonds. The summed E-state index contributed by atoms with van der Waals surface area (Å²) in [5, 5.41) is 0. The molecule has 0 nitrogen and oxygen atoms in total. The molecular formula is C11H20Ag+. The molecule has 0 aromatic carbocycles. The molecular weight excluding hydrogens is 240 g/mol. The first-order valence-electron chi connectivity index (χ1n) is 4.15. The summed E-state index contributed by atoms with van der Waals surface area (Å²) in [6.45, 7) is 13.1. The molecule has 12 heavy (non-hydrogen) atoms. The number of allylic oxidation sites excluding steroid dienone is 1. The molecule has 0 radical (unpaired) electrons. The van der Waals surface area contributed by atoms with E-state index in [1.807, 2.05) is 0 Å². The minimum atomic E-state index is 0. The van der Waals surface area contributed by atoms with Gasteiger partial charge in [0.05, 0.1) is 0 Å². The summed E-state index contributed by atoms with van der Waals surface area (Å²) in [6, 6.07) is 0. The van der Waals surface area contributed by atoms with E-state index in [1.54, 1.807) is 0 Å². The van der Waals surface area contributed by atoms with Crippen LogP contribution < -0.4 is 0 Å². The summed E-state index contributed by atoms with van der Waals surface area (Å²) < 4.78 is 0. The van der Waals surface area contributed by atoms with Crippen molar-refractivity contribution in [2.45, 2.75) is 41.5 Å². The molecule has 0 rings (SSSR count). The minimum absolute atomic E-state index is 0. The van der Waals surface area contributed by atoms with Gasteiger partial charge in [0.25, 0.3) is 0 Å². The van der Waals surface area contributed by atoms with Crippen molar-refractivity contribution >= 4 is 0 Å². The van der Waals surface area contributed by atoms with Gasteiger partial charge in [-0.1, -0.05) is 41.5 Å². The average molecular weight is 260 g/mol. The number of hydrogen-bond acceptors (Lipinski definition) is 0. The Labute approximate surface area is 92.6 Å². The Morgan fingerprint density at radius 2 is 1.00 bits per heavy atom. The van der Waals surface area contributed by atoms with Crippen molar-refractivity contribution in [1.29, 1.82) is 0 Å². The molecule has 0 spiro atoms. The van der Waals surface area contributed by atoms with Crippen LogP contribution in [0.2, 0.25) is 0 Å². The maximum Gasteiger partial charge on any atom is 1.00 e. The summed E-state index contributed by atoms with van der Waals surface area (Å²) in [4.78, 5) is 0. The molecule has 0 N–H and O–H groups in total. The normalized spacial score (nSPS) is 11.2. The smallest absolute Gasteiger partial charge is 0.128 e. The molecule has 74 valence electrons. The van der Waals surface area contributed by atoms with E-state index in [2.05, 4.69) is 59.4 Å². The van der Waals surface area contributed by atoms with Crippen molar-refractivity contribution in [2.75, 3.05) is 0 Å². The Morgan fingerprint density at radius 3 is 1.17 bits per heavy atom. The monoisotopic (exact) mass is 259 g/mol. The van der Waals surface area contributed by atoms with Gasteiger partial charge in [-0.15, -0.1) is 5.73 Å². The van der Waals surface area contributed by atoms with Crippen molar-refractivity contribution in [2.24, 2.45) is 10.8 Å². The van der Waals surface area contributed by atoms with E-state index in [1.165, 1.54) is 0 Å². The zero-order chi connectivity index (χ0) is 9.12. The van der Waals surface area contributed by atoms with Gasteiger partial charge in [-0.3, -0.25) is 0 Å². The van der Waals surface area contributed by atoms with Gasteiger partial charge in [0.1, 0.15) is 0 Å². The Bertz CT molecular complexity index is 152. The van der Waals surface area contributed by atoms with Gasteiger partial charge in [-0.25, -0.2) is 0 Å². The quantitative estimate of drug-likeness (QED) is 0.459. The Balaban J connectivity index is 0. The topological polar surface area (TPSA) is 0 Å². The number of rotatable bonds is 0. The molecule has 0 aliphatic heterocycles. The molecule has 0 aliphatic rings. The van der Waals surface area contributed by atoms with Gasteiger partial charge in [-0.2, -0.15) is 0 Å². The van der Waals surface area contributed by atoms with Crippen LogP contribution in [0.15, 0.2) is 17.9 Å². The summed E-state index contributed by atoms with van der Waals surface area (Å²) in [5.41, 5.74) is 3.72. The van der Waals surface area contributed by atoms with E-state index in [9.17, 15) is 0 Å². The van der Waals surface area contributed by atoms with E-state index in [0.29, 0.717) is 0 Å². The van der Waals surface area contributed by atoms with Gasteiger partial charge in [-0.05, 0) is 23.0 Å². The van der Waals surface area contributed by atoms with E-state index >= 15 is 0 Å². The zero-order valence-corrected chi connectivity index (χ0v) is 10.4. The molecule has 0 aromatic rings. The molecule has 0 atom stereocenters. The van der Waals surface area contributed by atoms with Crippen LogP contribution in [-0.4, -0.2) is 0 Å². The molecule has 0 bridgehead atoms. The van der Waals surface area contributed by atoms with E-state index in [4.69, 9.17) is 0 Å². The van der Waals surface area contributed by atoms with E-state index in [0.717, 1.165) is 0 Å². The summed E-state index contributed by atoms with van der Waals surface area (Å²) >= 11 is 0. The fourth-order valence-electron chi connectivity index (χ4n) is 0.542. The van der Waals surface area contributed by atoms with Crippen LogP contribution in [0.4, 0.5) is 0 Å². The largest absolute Gasteiger partial charge is 1.00 e. The molecule has 0 aliphatic carbocycles. The Hall–Kier alpha value is 0.260. The predicted molar refractivity (Wildman–Crippen MR) is 51.6 cm³/mol. The van der Waals surface area contributed by atoms with Crippen molar-refractivity contribution in [3.63, 3.8) is 0 Å². The fourth-order valence-corrected chi connectivity index (χ4v) is 0.542. The fraction of sp³-hybridized carbons (Fsp3) is 0.727. The van der Waals surface area contributed by atoms with Crippen LogP contribution in [0.3, 0.4) is 0 Å². The van der Waals surface area contributed by atoms with Crippen molar-refractivity contribution < 1.29 is 22.4 Å². The van der Waals surface area contributed by atoms with Crippen molar-refractivity contribution in [1.82, 2.24) is 0 Å². The molecule has 1 heteroatoms. The van der Waals surface area contributed by atoms with E-state index in [-0.39, 0.29) is 33.2 Å².